The standard InChI is InChI=1S/C15H16N2O4/c1-20-14-7-4-12(10-17-14)16-8-9-21-13-5-2-11(3-6-13)15(18)19/h2-7,10,16H,8-9H2,1H3,(H,18,19). The van der Waals surface area contributed by atoms with Crippen LogP contribution in [0.25, 0.3) is 0 Å². The number of nitrogens with one attached hydrogen (secondary N) is 1. The third kappa shape index (κ3) is 4.38. The van der Waals surface area contributed by atoms with Gasteiger partial charge in [-0.05, 0) is 30.3 Å². The van der Waals surface area contributed by atoms with E-state index in [-0.39, 0.29) is 5.56 Å². The average molecular weight is 288 g/mol. The molecule has 21 heavy (non-hydrogen) atoms. The van der Waals surface area contributed by atoms with Crippen LogP contribution in [-0.4, -0.2) is 36.3 Å². The molecule has 0 aliphatic heterocycles. The summed E-state index contributed by atoms with van der Waals surface area (Å²) < 4.78 is 10.5. The summed E-state index contributed by atoms with van der Waals surface area (Å²) in [6, 6.07) is 9.94. The van der Waals surface area contributed by atoms with Crippen LogP contribution in [0.4, 0.5) is 5.69 Å². The number of aromatic nitrogens is 1. The number of aromatic carboxylic acids is 1. The maximum Gasteiger partial charge on any atom is 0.335 e. The summed E-state index contributed by atoms with van der Waals surface area (Å²) in [5, 5.41) is 11.9. The second-order valence-electron chi connectivity index (χ2n) is 4.19. The largest absolute Gasteiger partial charge is 0.492 e. The number of carbonyl (C=O) groups is 1. The first-order chi connectivity index (χ1) is 10.2. The number of methoxy groups -OCH3 is 1. The second kappa shape index (κ2) is 7.14. The van der Waals surface area contributed by atoms with Gasteiger partial charge in [0.15, 0.2) is 0 Å². The topological polar surface area (TPSA) is 80.7 Å². The molecule has 1 heterocycles. The summed E-state index contributed by atoms with van der Waals surface area (Å²) in [4.78, 5) is 14.8. The Balaban J connectivity index is 1.74. The van der Waals surface area contributed by atoms with Crippen LogP contribution >= 0.6 is 0 Å². The number of hydrogen-bond acceptors (Lipinski definition) is 5. The molecule has 6 nitrogen and oxygen atoms in total. The Morgan fingerprint density at radius 2 is 2.00 bits per heavy atom. The predicted molar refractivity (Wildman–Crippen MR) is 78.2 cm³/mol. The Morgan fingerprint density at radius 3 is 2.57 bits per heavy atom. The van der Waals surface area contributed by atoms with Crippen molar-refractivity contribution in [1.29, 1.82) is 0 Å². The average Bonchev–Trinajstić information content (AvgIpc) is 2.52. The van der Waals surface area contributed by atoms with Gasteiger partial charge >= 0.3 is 5.97 Å². The van der Waals surface area contributed by atoms with E-state index in [1.165, 1.54) is 12.1 Å². The minimum atomic E-state index is -0.949. The first kappa shape index (κ1) is 14.6. The quantitative estimate of drug-likeness (QED) is 0.761. The molecule has 0 radical (unpaired) electrons. The van der Waals surface area contributed by atoms with Crippen molar-refractivity contribution in [2.45, 2.75) is 0 Å². The molecule has 0 saturated carbocycles. The molecule has 0 atom stereocenters. The van der Waals surface area contributed by atoms with Crippen molar-refractivity contribution in [1.82, 2.24) is 4.98 Å². The van der Waals surface area contributed by atoms with Gasteiger partial charge in [0.05, 0.1) is 24.6 Å². The fourth-order valence-electron chi connectivity index (χ4n) is 1.66. The molecule has 2 N–H and O–H groups in total. The minimum Gasteiger partial charge on any atom is -0.492 e. The number of hydrogen-bond donors (Lipinski definition) is 2. The Bertz CT molecular complexity index is 582. The van der Waals surface area contributed by atoms with Crippen LogP contribution in [0, 0.1) is 0 Å². The molecule has 2 aromatic rings. The first-order valence-electron chi connectivity index (χ1n) is 6.39. The van der Waals surface area contributed by atoms with Crippen LogP contribution in [0.15, 0.2) is 42.6 Å². The van der Waals surface area contributed by atoms with Crippen molar-refractivity contribution in [2.75, 3.05) is 25.6 Å². The van der Waals surface area contributed by atoms with E-state index in [1.54, 1.807) is 31.5 Å². The molecule has 0 bridgehead atoms. The maximum absolute atomic E-state index is 10.7. The van der Waals surface area contributed by atoms with Gasteiger partial charge in [-0.1, -0.05) is 0 Å². The van der Waals surface area contributed by atoms with Gasteiger partial charge in [-0.2, -0.15) is 0 Å². The lowest BCUT2D eigenvalue weighted by Crippen LogP contribution is -2.11. The zero-order valence-corrected chi connectivity index (χ0v) is 11.6. The molecular formula is C15H16N2O4. The molecule has 0 fully saturated rings. The van der Waals surface area contributed by atoms with Crippen LogP contribution in [0.5, 0.6) is 11.6 Å². The Kier molecular flexibility index (Phi) is 4.98. The third-order valence-electron chi connectivity index (χ3n) is 2.75. The Hall–Kier alpha value is -2.76. The van der Waals surface area contributed by atoms with Gasteiger partial charge in [-0.15, -0.1) is 0 Å². The summed E-state index contributed by atoms with van der Waals surface area (Å²) in [6.45, 7) is 1.06. The van der Waals surface area contributed by atoms with Gasteiger partial charge in [0, 0.05) is 12.6 Å². The second-order valence-corrected chi connectivity index (χ2v) is 4.19. The van der Waals surface area contributed by atoms with E-state index in [4.69, 9.17) is 14.6 Å². The first-order valence-corrected chi connectivity index (χ1v) is 6.39. The lowest BCUT2D eigenvalue weighted by atomic mass is 10.2. The van der Waals surface area contributed by atoms with Gasteiger partial charge < -0.3 is 19.9 Å². The highest BCUT2D eigenvalue weighted by Gasteiger charge is 2.02. The molecule has 0 saturated heterocycles. The smallest absolute Gasteiger partial charge is 0.335 e. The van der Waals surface area contributed by atoms with Crippen molar-refractivity contribution in [3.63, 3.8) is 0 Å². The molecule has 1 aromatic carbocycles. The van der Waals surface area contributed by atoms with Crippen molar-refractivity contribution in [2.24, 2.45) is 0 Å². The number of nitrogens with zero attached hydrogens (tertiary/aromatic N) is 1. The van der Waals surface area contributed by atoms with E-state index in [9.17, 15) is 4.79 Å². The molecule has 2 rings (SSSR count). The van der Waals surface area contributed by atoms with Crippen molar-refractivity contribution in [3.05, 3.63) is 48.2 Å². The number of rotatable bonds is 7. The van der Waals surface area contributed by atoms with E-state index in [0.29, 0.717) is 24.8 Å². The van der Waals surface area contributed by atoms with E-state index in [0.717, 1.165) is 5.69 Å². The summed E-state index contributed by atoms with van der Waals surface area (Å²) in [6.07, 6.45) is 1.68. The van der Waals surface area contributed by atoms with Gasteiger partial charge in [0.2, 0.25) is 5.88 Å². The molecule has 0 aliphatic carbocycles. The van der Waals surface area contributed by atoms with Crippen molar-refractivity contribution < 1.29 is 19.4 Å². The van der Waals surface area contributed by atoms with Crippen LogP contribution in [-0.2, 0) is 0 Å². The van der Waals surface area contributed by atoms with Crippen LogP contribution in [0.2, 0.25) is 0 Å². The van der Waals surface area contributed by atoms with Crippen LogP contribution < -0.4 is 14.8 Å². The zero-order valence-electron chi connectivity index (χ0n) is 11.6. The summed E-state index contributed by atoms with van der Waals surface area (Å²) in [5.74, 6) is 0.250. The fraction of sp³-hybridized carbons (Fsp3) is 0.200. The minimum absolute atomic E-state index is 0.241. The predicted octanol–water partition coefficient (Wildman–Crippen LogP) is 2.28. The lowest BCUT2D eigenvalue weighted by molar-refractivity contribution is 0.0697. The highest BCUT2D eigenvalue weighted by Crippen LogP contribution is 2.13. The fourth-order valence-corrected chi connectivity index (χ4v) is 1.66. The number of benzene rings is 1. The number of ether oxygens (including phenoxy) is 2. The van der Waals surface area contributed by atoms with E-state index in [1.807, 2.05) is 6.07 Å². The van der Waals surface area contributed by atoms with Gasteiger partial charge in [-0.3, -0.25) is 0 Å². The summed E-state index contributed by atoms with van der Waals surface area (Å²) in [5.41, 5.74) is 1.12. The van der Waals surface area contributed by atoms with Gasteiger partial charge in [0.25, 0.3) is 0 Å². The van der Waals surface area contributed by atoms with Crippen LogP contribution in [0.1, 0.15) is 10.4 Å². The molecule has 1 aromatic heterocycles. The summed E-state index contributed by atoms with van der Waals surface area (Å²) >= 11 is 0. The van der Waals surface area contributed by atoms with Crippen LogP contribution in [0.3, 0.4) is 0 Å². The van der Waals surface area contributed by atoms with Gasteiger partial charge in [-0.25, -0.2) is 9.78 Å². The van der Waals surface area contributed by atoms with E-state index in [2.05, 4.69) is 10.3 Å². The Labute approximate surface area is 122 Å². The van der Waals surface area contributed by atoms with E-state index >= 15 is 0 Å². The highest BCUT2D eigenvalue weighted by molar-refractivity contribution is 5.87. The number of anilines is 1. The summed E-state index contributed by atoms with van der Waals surface area (Å²) in [7, 11) is 1.57. The molecule has 6 heteroatoms. The zero-order chi connectivity index (χ0) is 15.1. The monoisotopic (exact) mass is 288 g/mol. The molecule has 0 unspecified atom stereocenters. The maximum atomic E-state index is 10.7. The molecular weight excluding hydrogens is 272 g/mol. The SMILES string of the molecule is COc1ccc(NCCOc2ccc(C(=O)O)cc2)cn1. The highest BCUT2D eigenvalue weighted by atomic mass is 16.5. The number of carboxylic acids is 1. The molecule has 0 spiro atoms. The van der Waals surface area contributed by atoms with Gasteiger partial charge in [0.1, 0.15) is 12.4 Å². The molecule has 0 aliphatic rings. The van der Waals surface area contributed by atoms with Crippen molar-refractivity contribution >= 4 is 11.7 Å². The number of carboxylic acid groups (broad SMARTS) is 1. The molecule has 110 valence electrons. The normalized spacial score (nSPS) is 9.95. The third-order valence-corrected chi connectivity index (χ3v) is 2.75. The Morgan fingerprint density at radius 1 is 1.24 bits per heavy atom. The number of pyridine rings is 1. The lowest BCUT2D eigenvalue weighted by Gasteiger charge is -2.09. The van der Waals surface area contributed by atoms with E-state index < -0.39 is 5.97 Å². The molecule has 0 amide bonds. The van der Waals surface area contributed by atoms with Crippen molar-refractivity contribution in [3.8, 4) is 11.6 Å².